The van der Waals surface area contributed by atoms with Crippen molar-refractivity contribution in [3.63, 3.8) is 0 Å². The second kappa shape index (κ2) is 9.50. The first-order valence-electron chi connectivity index (χ1n) is 8.26. The van der Waals surface area contributed by atoms with E-state index in [1.807, 2.05) is 0 Å². The molecule has 6 nitrogen and oxygen atoms in total. The van der Waals surface area contributed by atoms with Crippen molar-refractivity contribution in [2.24, 2.45) is 0 Å². The van der Waals surface area contributed by atoms with Crippen molar-refractivity contribution in [2.75, 3.05) is 21.3 Å². The van der Waals surface area contributed by atoms with Gasteiger partial charge in [-0.05, 0) is 41.5 Å². The van der Waals surface area contributed by atoms with Gasteiger partial charge in [0.25, 0.3) is 0 Å². The maximum atomic E-state index is 13.5. The Hall–Kier alpha value is -3.42. The van der Waals surface area contributed by atoms with E-state index in [9.17, 15) is 18.4 Å². The Morgan fingerprint density at radius 3 is 2.32 bits per heavy atom. The van der Waals surface area contributed by atoms with E-state index in [0.717, 1.165) is 12.1 Å². The Morgan fingerprint density at radius 1 is 1.00 bits per heavy atom. The zero-order chi connectivity index (χ0) is 20.7. The number of carbonyl (C=O) groups excluding carboxylic acids is 2. The lowest BCUT2D eigenvalue weighted by molar-refractivity contribution is -0.126. The highest BCUT2D eigenvalue weighted by atomic mass is 19.2. The molecule has 2 aromatic carbocycles. The molecule has 2 aromatic rings. The second-order valence-electron chi connectivity index (χ2n) is 5.68. The fourth-order valence-corrected chi connectivity index (χ4v) is 2.46. The zero-order valence-electron chi connectivity index (χ0n) is 15.6. The maximum Gasteiger partial charge on any atom is 0.246 e. The van der Waals surface area contributed by atoms with Crippen molar-refractivity contribution >= 4 is 17.9 Å². The van der Waals surface area contributed by atoms with Crippen LogP contribution in [0.3, 0.4) is 0 Å². The fraction of sp³-hybridized carbons (Fsp3) is 0.200. The van der Waals surface area contributed by atoms with E-state index in [1.165, 1.54) is 39.5 Å². The average molecular weight is 390 g/mol. The van der Waals surface area contributed by atoms with Crippen LogP contribution in [-0.2, 0) is 9.59 Å². The Morgan fingerprint density at radius 2 is 1.71 bits per heavy atom. The lowest BCUT2D eigenvalue weighted by Crippen LogP contribution is -2.38. The van der Waals surface area contributed by atoms with Crippen molar-refractivity contribution in [1.29, 1.82) is 0 Å². The van der Waals surface area contributed by atoms with Crippen LogP contribution >= 0.6 is 0 Å². The lowest BCUT2D eigenvalue weighted by atomic mass is 10.1. The topological polar surface area (TPSA) is 76.7 Å². The number of amides is 2. The van der Waals surface area contributed by atoms with Crippen LogP contribution in [0.15, 0.2) is 42.5 Å². The van der Waals surface area contributed by atoms with Gasteiger partial charge in [0.05, 0.1) is 14.2 Å². The summed E-state index contributed by atoms with van der Waals surface area (Å²) in [7, 11) is 4.38. The van der Waals surface area contributed by atoms with Gasteiger partial charge in [-0.1, -0.05) is 12.1 Å². The van der Waals surface area contributed by atoms with Gasteiger partial charge in [0.1, 0.15) is 6.04 Å². The standard InChI is InChI=1S/C20H20F2N2O4/c1-23-20(26)19(13-6-7-14(21)15(22)11-13)24-18(25)9-5-12-4-8-16(27-2)17(10-12)28-3/h4-11,19H,1-3H3,(H,23,26)(H,24,25). The van der Waals surface area contributed by atoms with Gasteiger partial charge in [-0.15, -0.1) is 0 Å². The molecular formula is C20H20F2N2O4. The number of hydrogen-bond donors (Lipinski definition) is 2. The van der Waals surface area contributed by atoms with Gasteiger partial charge in [0.15, 0.2) is 23.1 Å². The minimum atomic E-state index is -1.18. The normalized spacial score (nSPS) is 11.8. The summed E-state index contributed by atoms with van der Waals surface area (Å²) < 4.78 is 37.0. The Labute approximate surface area is 161 Å². The minimum absolute atomic E-state index is 0.117. The molecule has 0 saturated carbocycles. The molecule has 2 amide bonds. The lowest BCUT2D eigenvalue weighted by Gasteiger charge is -2.17. The third-order valence-electron chi connectivity index (χ3n) is 3.91. The summed E-state index contributed by atoms with van der Waals surface area (Å²) in [5, 5.41) is 4.85. The van der Waals surface area contributed by atoms with Gasteiger partial charge in [-0.2, -0.15) is 0 Å². The van der Waals surface area contributed by atoms with Crippen LogP contribution in [0.2, 0.25) is 0 Å². The highest BCUT2D eigenvalue weighted by molar-refractivity contribution is 5.96. The highest BCUT2D eigenvalue weighted by Gasteiger charge is 2.22. The van der Waals surface area contributed by atoms with Gasteiger partial charge < -0.3 is 20.1 Å². The van der Waals surface area contributed by atoms with E-state index in [0.29, 0.717) is 17.1 Å². The van der Waals surface area contributed by atoms with Crippen LogP contribution in [0.1, 0.15) is 17.2 Å². The van der Waals surface area contributed by atoms with E-state index in [4.69, 9.17) is 9.47 Å². The molecule has 8 heteroatoms. The predicted molar refractivity (Wildman–Crippen MR) is 99.9 cm³/mol. The van der Waals surface area contributed by atoms with Gasteiger partial charge >= 0.3 is 0 Å². The average Bonchev–Trinajstić information content (AvgIpc) is 2.71. The largest absolute Gasteiger partial charge is 0.493 e. The maximum absolute atomic E-state index is 13.5. The van der Waals surface area contributed by atoms with E-state index in [1.54, 1.807) is 18.2 Å². The molecule has 0 heterocycles. The molecule has 2 rings (SSSR count). The zero-order valence-corrected chi connectivity index (χ0v) is 15.6. The van der Waals surface area contributed by atoms with Crippen LogP contribution in [0, 0.1) is 11.6 Å². The molecule has 0 spiro atoms. The third kappa shape index (κ3) is 5.06. The van der Waals surface area contributed by atoms with Gasteiger partial charge in [0.2, 0.25) is 11.8 Å². The summed E-state index contributed by atoms with van der Waals surface area (Å²) in [6.07, 6.45) is 2.74. The molecule has 1 unspecified atom stereocenters. The Bertz CT molecular complexity index is 900. The first-order chi connectivity index (χ1) is 13.4. The van der Waals surface area contributed by atoms with Crippen LogP contribution < -0.4 is 20.1 Å². The molecule has 0 aliphatic heterocycles. The number of rotatable bonds is 7. The summed E-state index contributed by atoms with van der Waals surface area (Å²) >= 11 is 0. The quantitative estimate of drug-likeness (QED) is 0.713. The summed E-state index contributed by atoms with van der Waals surface area (Å²) in [6.45, 7) is 0. The Kier molecular flexibility index (Phi) is 7.08. The van der Waals surface area contributed by atoms with Gasteiger partial charge in [-0.3, -0.25) is 9.59 Å². The number of halogens is 2. The fourth-order valence-electron chi connectivity index (χ4n) is 2.46. The summed E-state index contributed by atoms with van der Waals surface area (Å²) in [5.41, 5.74) is 0.781. The summed E-state index contributed by atoms with van der Waals surface area (Å²) in [5.74, 6) is -2.27. The highest BCUT2D eigenvalue weighted by Crippen LogP contribution is 2.28. The van der Waals surface area contributed by atoms with Crippen LogP contribution in [-0.4, -0.2) is 33.1 Å². The number of hydrogen-bond acceptors (Lipinski definition) is 4. The van der Waals surface area contributed by atoms with E-state index in [2.05, 4.69) is 10.6 Å². The van der Waals surface area contributed by atoms with E-state index < -0.39 is 29.5 Å². The molecule has 0 bridgehead atoms. The van der Waals surface area contributed by atoms with Crippen molar-refractivity contribution in [3.05, 3.63) is 65.2 Å². The van der Waals surface area contributed by atoms with Crippen molar-refractivity contribution < 1.29 is 27.8 Å². The third-order valence-corrected chi connectivity index (χ3v) is 3.91. The molecule has 0 aliphatic rings. The molecule has 2 N–H and O–H groups in total. The molecule has 28 heavy (non-hydrogen) atoms. The number of likely N-dealkylation sites (N-methyl/N-ethyl adjacent to an activating group) is 1. The van der Waals surface area contributed by atoms with Crippen molar-refractivity contribution in [2.45, 2.75) is 6.04 Å². The molecule has 0 fully saturated rings. The minimum Gasteiger partial charge on any atom is -0.493 e. The molecule has 0 saturated heterocycles. The van der Waals surface area contributed by atoms with Crippen LogP contribution in [0.4, 0.5) is 8.78 Å². The van der Waals surface area contributed by atoms with E-state index in [-0.39, 0.29) is 5.56 Å². The summed E-state index contributed by atoms with van der Waals surface area (Å²) in [4.78, 5) is 24.3. The molecular weight excluding hydrogens is 370 g/mol. The predicted octanol–water partition coefficient (Wildman–Crippen LogP) is 2.60. The number of benzene rings is 2. The van der Waals surface area contributed by atoms with Crippen molar-refractivity contribution in [1.82, 2.24) is 10.6 Å². The Balaban J connectivity index is 2.18. The molecule has 0 radical (unpaired) electrons. The molecule has 1 atom stereocenters. The first-order valence-corrected chi connectivity index (χ1v) is 8.26. The number of methoxy groups -OCH3 is 2. The second-order valence-corrected chi connectivity index (χ2v) is 5.68. The van der Waals surface area contributed by atoms with Gasteiger partial charge in [0, 0.05) is 13.1 Å². The monoisotopic (exact) mass is 390 g/mol. The smallest absolute Gasteiger partial charge is 0.246 e. The van der Waals surface area contributed by atoms with Crippen molar-refractivity contribution in [3.8, 4) is 11.5 Å². The molecule has 148 valence electrons. The SMILES string of the molecule is CNC(=O)C(NC(=O)C=Cc1ccc(OC)c(OC)c1)c1ccc(F)c(F)c1. The number of nitrogens with one attached hydrogen (secondary N) is 2. The van der Waals surface area contributed by atoms with Crippen LogP contribution in [0.5, 0.6) is 11.5 Å². The van der Waals surface area contributed by atoms with Gasteiger partial charge in [-0.25, -0.2) is 8.78 Å². The molecule has 0 aliphatic carbocycles. The summed E-state index contributed by atoms with van der Waals surface area (Å²) in [6, 6.07) is 6.90. The first kappa shape index (κ1) is 20.9. The molecule has 0 aromatic heterocycles. The number of ether oxygens (including phenoxy) is 2. The van der Waals surface area contributed by atoms with E-state index >= 15 is 0 Å². The van der Waals surface area contributed by atoms with Crippen LogP contribution in [0.25, 0.3) is 6.08 Å². The number of carbonyl (C=O) groups is 2.